The number of nitrogens with one attached hydrogen (secondary N) is 2. The Bertz CT molecular complexity index is 666. The second-order valence-electron chi connectivity index (χ2n) is 5.27. The summed E-state index contributed by atoms with van der Waals surface area (Å²) in [6.07, 6.45) is 1.95. The Labute approximate surface area is 128 Å². The lowest BCUT2D eigenvalue weighted by Crippen LogP contribution is -2.23. The van der Waals surface area contributed by atoms with Gasteiger partial charge in [0.25, 0.3) is 5.91 Å². The van der Waals surface area contributed by atoms with Crippen molar-refractivity contribution in [2.45, 2.75) is 26.0 Å². The summed E-state index contributed by atoms with van der Waals surface area (Å²) in [4.78, 5) is 12.2. The van der Waals surface area contributed by atoms with Crippen molar-refractivity contribution in [2.75, 3.05) is 13.7 Å². The van der Waals surface area contributed by atoms with Gasteiger partial charge in [-0.3, -0.25) is 9.89 Å². The van der Waals surface area contributed by atoms with Crippen LogP contribution in [0.5, 0.6) is 5.75 Å². The molecule has 1 aromatic heterocycles. The zero-order valence-corrected chi connectivity index (χ0v) is 12.5. The van der Waals surface area contributed by atoms with E-state index in [-0.39, 0.29) is 5.91 Å². The van der Waals surface area contributed by atoms with Crippen LogP contribution in [0.2, 0.25) is 0 Å². The molecule has 1 aliphatic rings. The monoisotopic (exact) mass is 301 g/mol. The predicted molar refractivity (Wildman–Crippen MR) is 80.7 cm³/mol. The van der Waals surface area contributed by atoms with Crippen LogP contribution in [0.15, 0.2) is 24.3 Å². The fourth-order valence-corrected chi connectivity index (χ4v) is 2.50. The summed E-state index contributed by atoms with van der Waals surface area (Å²) in [6, 6.07) is 7.46. The smallest absolute Gasteiger partial charge is 0.251 e. The molecule has 0 saturated heterocycles. The number of H-pyrrole nitrogens is 1. The van der Waals surface area contributed by atoms with Crippen molar-refractivity contribution >= 4 is 5.91 Å². The van der Waals surface area contributed by atoms with Gasteiger partial charge in [0.2, 0.25) is 0 Å². The topological polar surface area (TPSA) is 76.2 Å². The first-order valence-corrected chi connectivity index (χ1v) is 7.32. The van der Waals surface area contributed by atoms with Gasteiger partial charge in [-0.25, -0.2) is 0 Å². The molecule has 1 aromatic carbocycles. The number of nitrogens with zero attached hydrogens (tertiary/aromatic N) is 1. The standard InChI is InChI=1S/C16H19N3O3/c1-21-10-14-8-13(18-19-14)9-17-16(20)12-4-5-15-11(7-12)3-2-6-22-15/h4-5,7-8H,2-3,6,9-10H2,1H3,(H,17,20)(H,18,19). The number of aryl methyl sites for hydroxylation is 1. The number of carbonyl (C=O) groups excluding carboxylic acids is 1. The molecule has 0 saturated carbocycles. The van der Waals surface area contributed by atoms with E-state index < -0.39 is 0 Å². The van der Waals surface area contributed by atoms with Gasteiger partial charge < -0.3 is 14.8 Å². The molecule has 0 unspecified atom stereocenters. The summed E-state index contributed by atoms with van der Waals surface area (Å²) in [5, 5.41) is 9.86. The van der Waals surface area contributed by atoms with Crippen molar-refractivity contribution < 1.29 is 14.3 Å². The number of amides is 1. The van der Waals surface area contributed by atoms with Gasteiger partial charge in [-0.1, -0.05) is 0 Å². The second-order valence-corrected chi connectivity index (χ2v) is 5.27. The molecule has 6 nitrogen and oxygen atoms in total. The number of rotatable bonds is 5. The van der Waals surface area contributed by atoms with Gasteiger partial charge >= 0.3 is 0 Å². The van der Waals surface area contributed by atoms with E-state index in [4.69, 9.17) is 9.47 Å². The van der Waals surface area contributed by atoms with E-state index in [1.807, 2.05) is 18.2 Å². The van der Waals surface area contributed by atoms with Gasteiger partial charge in [0.05, 0.1) is 31.1 Å². The van der Waals surface area contributed by atoms with Crippen molar-refractivity contribution in [2.24, 2.45) is 0 Å². The van der Waals surface area contributed by atoms with Crippen molar-refractivity contribution in [1.29, 1.82) is 0 Å². The average molecular weight is 301 g/mol. The molecule has 0 radical (unpaired) electrons. The quantitative estimate of drug-likeness (QED) is 0.883. The SMILES string of the molecule is COCc1cc(CNC(=O)c2ccc3c(c2)CCCO3)[nH]n1. The minimum atomic E-state index is -0.101. The van der Waals surface area contributed by atoms with Crippen LogP contribution in [0, 0.1) is 0 Å². The van der Waals surface area contributed by atoms with Gasteiger partial charge in [-0.15, -0.1) is 0 Å². The molecular weight excluding hydrogens is 282 g/mol. The molecule has 2 aromatic rings. The maximum absolute atomic E-state index is 12.2. The van der Waals surface area contributed by atoms with Gasteiger partial charge in [-0.05, 0) is 42.7 Å². The summed E-state index contributed by atoms with van der Waals surface area (Å²) < 4.78 is 10.6. The third-order valence-corrected chi connectivity index (χ3v) is 3.59. The maximum atomic E-state index is 12.2. The predicted octanol–water partition coefficient (Wildman–Crippen LogP) is 1.81. The highest BCUT2D eigenvalue weighted by molar-refractivity contribution is 5.94. The molecule has 2 heterocycles. The van der Waals surface area contributed by atoms with E-state index in [0.717, 1.165) is 42.1 Å². The molecular formula is C16H19N3O3. The zero-order chi connectivity index (χ0) is 15.4. The number of carbonyl (C=O) groups is 1. The van der Waals surface area contributed by atoms with Crippen LogP contribution in [0.1, 0.15) is 33.7 Å². The van der Waals surface area contributed by atoms with Crippen LogP contribution in [-0.2, 0) is 24.3 Å². The Kier molecular flexibility index (Phi) is 4.39. The minimum absolute atomic E-state index is 0.101. The molecule has 1 amide bonds. The van der Waals surface area contributed by atoms with Gasteiger partial charge in [0.1, 0.15) is 5.75 Å². The fourth-order valence-electron chi connectivity index (χ4n) is 2.50. The number of ether oxygens (including phenoxy) is 2. The van der Waals surface area contributed by atoms with Gasteiger partial charge in [-0.2, -0.15) is 5.10 Å². The van der Waals surface area contributed by atoms with E-state index in [2.05, 4.69) is 15.5 Å². The minimum Gasteiger partial charge on any atom is -0.493 e. The Morgan fingerprint density at radius 2 is 2.36 bits per heavy atom. The summed E-state index contributed by atoms with van der Waals surface area (Å²) in [6.45, 7) is 1.61. The number of aromatic amines is 1. The normalized spacial score (nSPS) is 13.3. The van der Waals surface area contributed by atoms with Crippen molar-refractivity contribution in [1.82, 2.24) is 15.5 Å². The van der Waals surface area contributed by atoms with Crippen molar-refractivity contribution in [3.05, 3.63) is 46.8 Å². The molecule has 0 bridgehead atoms. The zero-order valence-electron chi connectivity index (χ0n) is 12.5. The Hall–Kier alpha value is -2.34. The summed E-state index contributed by atoms with van der Waals surface area (Å²) >= 11 is 0. The van der Waals surface area contributed by atoms with E-state index >= 15 is 0 Å². The number of hydrogen-bond acceptors (Lipinski definition) is 4. The highest BCUT2D eigenvalue weighted by Gasteiger charge is 2.14. The van der Waals surface area contributed by atoms with Crippen molar-refractivity contribution in [3.63, 3.8) is 0 Å². The molecule has 3 rings (SSSR count). The van der Waals surface area contributed by atoms with E-state index in [1.54, 1.807) is 13.2 Å². The maximum Gasteiger partial charge on any atom is 0.251 e. The van der Waals surface area contributed by atoms with Gasteiger partial charge in [0, 0.05) is 12.7 Å². The molecule has 1 aliphatic heterocycles. The highest BCUT2D eigenvalue weighted by atomic mass is 16.5. The van der Waals surface area contributed by atoms with Crippen LogP contribution in [0.25, 0.3) is 0 Å². The van der Waals surface area contributed by atoms with E-state index in [0.29, 0.717) is 18.7 Å². The third-order valence-electron chi connectivity index (χ3n) is 3.59. The number of methoxy groups -OCH3 is 1. The Morgan fingerprint density at radius 3 is 3.23 bits per heavy atom. The first-order valence-electron chi connectivity index (χ1n) is 7.32. The molecule has 0 spiro atoms. The van der Waals surface area contributed by atoms with Crippen LogP contribution in [0.4, 0.5) is 0 Å². The Balaban J connectivity index is 1.61. The lowest BCUT2D eigenvalue weighted by Gasteiger charge is -2.17. The van der Waals surface area contributed by atoms with Gasteiger partial charge in [0.15, 0.2) is 0 Å². The largest absolute Gasteiger partial charge is 0.493 e. The first kappa shape index (κ1) is 14.6. The molecule has 2 N–H and O–H groups in total. The Morgan fingerprint density at radius 1 is 1.45 bits per heavy atom. The second kappa shape index (κ2) is 6.62. The van der Waals surface area contributed by atoms with E-state index in [9.17, 15) is 4.79 Å². The van der Waals surface area contributed by atoms with Crippen LogP contribution >= 0.6 is 0 Å². The summed E-state index contributed by atoms with van der Waals surface area (Å²) in [5.41, 5.74) is 3.42. The molecule has 22 heavy (non-hydrogen) atoms. The van der Waals surface area contributed by atoms with Crippen LogP contribution < -0.4 is 10.1 Å². The lowest BCUT2D eigenvalue weighted by atomic mass is 10.0. The summed E-state index contributed by atoms with van der Waals surface area (Å²) in [5.74, 6) is 0.789. The molecule has 0 aliphatic carbocycles. The number of hydrogen-bond donors (Lipinski definition) is 2. The number of benzene rings is 1. The molecule has 0 fully saturated rings. The molecule has 6 heteroatoms. The average Bonchev–Trinajstić information content (AvgIpc) is 3.00. The number of aromatic nitrogens is 2. The highest BCUT2D eigenvalue weighted by Crippen LogP contribution is 2.25. The van der Waals surface area contributed by atoms with Crippen LogP contribution in [0.3, 0.4) is 0 Å². The van der Waals surface area contributed by atoms with Crippen LogP contribution in [-0.4, -0.2) is 29.8 Å². The molecule has 116 valence electrons. The molecule has 0 atom stereocenters. The first-order chi connectivity index (χ1) is 10.8. The van der Waals surface area contributed by atoms with Crippen molar-refractivity contribution in [3.8, 4) is 5.75 Å². The third kappa shape index (κ3) is 3.28. The van der Waals surface area contributed by atoms with E-state index in [1.165, 1.54) is 0 Å². The lowest BCUT2D eigenvalue weighted by molar-refractivity contribution is 0.0950. The number of fused-ring (bicyclic) bond motifs is 1. The summed E-state index contributed by atoms with van der Waals surface area (Å²) in [7, 11) is 1.62. The fraction of sp³-hybridized carbons (Fsp3) is 0.375.